The maximum absolute atomic E-state index is 10.6. The summed E-state index contributed by atoms with van der Waals surface area (Å²) in [6.45, 7) is 0. The lowest BCUT2D eigenvalue weighted by molar-refractivity contribution is 0.112. The van der Waals surface area contributed by atoms with Crippen LogP contribution in [0.3, 0.4) is 0 Å². The SMILES string of the molecule is O=Cc1ccc2c(-c3ccn[nH]3)n[nH]c2c1. The number of nitrogens with zero attached hydrogens (tertiary/aromatic N) is 2. The molecule has 0 fully saturated rings. The van der Waals surface area contributed by atoms with Crippen molar-refractivity contribution in [2.45, 2.75) is 0 Å². The molecule has 16 heavy (non-hydrogen) atoms. The molecule has 0 radical (unpaired) electrons. The molecule has 0 unspecified atom stereocenters. The van der Waals surface area contributed by atoms with E-state index in [2.05, 4.69) is 20.4 Å². The molecule has 0 bridgehead atoms. The molecule has 5 heteroatoms. The van der Waals surface area contributed by atoms with Crippen LogP contribution in [0.5, 0.6) is 0 Å². The fraction of sp³-hybridized carbons (Fsp3) is 0. The van der Waals surface area contributed by atoms with Gasteiger partial charge in [0.25, 0.3) is 0 Å². The summed E-state index contributed by atoms with van der Waals surface area (Å²) in [5.74, 6) is 0. The second-order valence-corrected chi connectivity index (χ2v) is 3.47. The molecule has 0 aliphatic carbocycles. The number of rotatable bonds is 2. The first-order valence-corrected chi connectivity index (χ1v) is 4.81. The average molecular weight is 212 g/mol. The summed E-state index contributed by atoms with van der Waals surface area (Å²) in [6, 6.07) is 7.27. The third-order valence-corrected chi connectivity index (χ3v) is 2.48. The maximum Gasteiger partial charge on any atom is 0.150 e. The molecular formula is C11H8N4O. The van der Waals surface area contributed by atoms with Crippen molar-refractivity contribution in [1.29, 1.82) is 0 Å². The van der Waals surface area contributed by atoms with Crippen LogP contribution >= 0.6 is 0 Å². The van der Waals surface area contributed by atoms with Gasteiger partial charge in [-0.05, 0) is 18.2 Å². The van der Waals surface area contributed by atoms with Gasteiger partial charge < -0.3 is 0 Å². The molecule has 0 aliphatic heterocycles. The molecule has 1 aromatic carbocycles. The van der Waals surface area contributed by atoms with E-state index >= 15 is 0 Å². The molecule has 0 saturated heterocycles. The standard InChI is InChI=1S/C11H8N4O/c16-6-7-1-2-8-10(5-7)14-15-11(8)9-3-4-12-13-9/h1-6H,(H,12,13)(H,14,15). The Morgan fingerprint density at radius 2 is 2.12 bits per heavy atom. The van der Waals surface area contributed by atoms with Crippen molar-refractivity contribution in [1.82, 2.24) is 20.4 Å². The summed E-state index contributed by atoms with van der Waals surface area (Å²) >= 11 is 0. The zero-order valence-corrected chi connectivity index (χ0v) is 8.27. The largest absolute Gasteiger partial charge is 0.298 e. The van der Waals surface area contributed by atoms with E-state index in [0.717, 1.165) is 28.6 Å². The fourth-order valence-corrected chi connectivity index (χ4v) is 1.70. The summed E-state index contributed by atoms with van der Waals surface area (Å²) in [5, 5.41) is 14.8. The van der Waals surface area contributed by atoms with Gasteiger partial charge in [-0.2, -0.15) is 10.2 Å². The predicted octanol–water partition coefficient (Wildman–Crippen LogP) is 1.77. The van der Waals surface area contributed by atoms with Gasteiger partial charge in [0, 0.05) is 17.1 Å². The van der Waals surface area contributed by atoms with E-state index in [1.165, 1.54) is 0 Å². The Morgan fingerprint density at radius 1 is 1.19 bits per heavy atom. The van der Waals surface area contributed by atoms with E-state index in [1.807, 2.05) is 12.1 Å². The monoisotopic (exact) mass is 212 g/mol. The first kappa shape index (κ1) is 8.84. The Labute approximate surface area is 90.5 Å². The van der Waals surface area contributed by atoms with Gasteiger partial charge in [-0.15, -0.1) is 0 Å². The molecule has 3 rings (SSSR count). The van der Waals surface area contributed by atoms with E-state index in [-0.39, 0.29) is 0 Å². The smallest absolute Gasteiger partial charge is 0.150 e. The topological polar surface area (TPSA) is 74.4 Å². The lowest BCUT2D eigenvalue weighted by Crippen LogP contribution is -1.80. The first-order chi connectivity index (χ1) is 7.88. The average Bonchev–Trinajstić information content (AvgIpc) is 2.96. The summed E-state index contributed by atoms with van der Waals surface area (Å²) in [5.41, 5.74) is 3.14. The highest BCUT2D eigenvalue weighted by Gasteiger charge is 2.08. The second kappa shape index (κ2) is 3.30. The van der Waals surface area contributed by atoms with Crippen molar-refractivity contribution in [2.75, 3.05) is 0 Å². The molecule has 2 aromatic heterocycles. The summed E-state index contributed by atoms with van der Waals surface area (Å²) in [7, 11) is 0. The summed E-state index contributed by atoms with van der Waals surface area (Å²) in [4.78, 5) is 10.6. The van der Waals surface area contributed by atoms with Crippen LogP contribution in [0.4, 0.5) is 0 Å². The van der Waals surface area contributed by atoms with Crippen molar-refractivity contribution in [3.05, 3.63) is 36.0 Å². The number of hydrogen-bond donors (Lipinski definition) is 2. The summed E-state index contributed by atoms with van der Waals surface area (Å²) in [6.07, 6.45) is 2.49. The van der Waals surface area contributed by atoms with Crippen molar-refractivity contribution >= 4 is 17.2 Å². The van der Waals surface area contributed by atoms with Gasteiger partial charge in [0.2, 0.25) is 0 Å². The van der Waals surface area contributed by atoms with E-state index < -0.39 is 0 Å². The normalized spacial score (nSPS) is 10.8. The van der Waals surface area contributed by atoms with E-state index in [1.54, 1.807) is 18.3 Å². The highest BCUT2D eigenvalue weighted by atomic mass is 16.1. The van der Waals surface area contributed by atoms with Crippen molar-refractivity contribution in [3.8, 4) is 11.4 Å². The van der Waals surface area contributed by atoms with Gasteiger partial charge in [-0.25, -0.2) is 0 Å². The molecule has 0 atom stereocenters. The van der Waals surface area contributed by atoms with Gasteiger partial charge >= 0.3 is 0 Å². The van der Waals surface area contributed by atoms with Crippen LogP contribution in [-0.4, -0.2) is 26.7 Å². The number of carbonyl (C=O) groups excluding carboxylic acids is 1. The molecule has 3 aromatic rings. The molecule has 2 heterocycles. The van der Waals surface area contributed by atoms with Crippen molar-refractivity contribution in [3.63, 3.8) is 0 Å². The van der Waals surface area contributed by atoms with Crippen LogP contribution in [0.2, 0.25) is 0 Å². The maximum atomic E-state index is 10.6. The minimum absolute atomic E-state index is 0.632. The number of aromatic amines is 2. The Hall–Kier alpha value is -2.43. The van der Waals surface area contributed by atoms with Crippen molar-refractivity contribution in [2.24, 2.45) is 0 Å². The van der Waals surface area contributed by atoms with Gasteiger partial charge in [0.1, 0.15) is 12.0 Å². The minimum atomic E-state index is 0.632. The Bertz CT molecular complexity index is 639. The lowest BCUT2D eigenvalue weighted by Gasteiger charge is -1.93. The third kappa shape index (κ3) is 1.22. The lowest BCUT2D eigenvalue weighted by atomic mass is 10.1. The molecule has 5 nitrogen and oxygen atoms in total. The zero-order valence-electron chi connectivity index (χ0n) is 8.27. The number of nitrogens with one attached hydrogen (secondary N) is 2. The Kier molecular flexibility index (Phi) is 1.83. The number of aldehydes is 1. The zero-order chi connectivity index (χ0) is 11.0. The fourth-order valence-electron chi connectivity index (χ4n) is 1.70. The van der Waals surface area contributed by atoms with Gasteiger partial charge in [0.05, 0.1) is 11.2 Å². The van der Waals surface area contributed by atoms with Crippen LogP contribution in [0, 0.1) is 0 Å². The highest BCUT2D eigenvalue weighted by molar-refractivity contribution is 5.94. The van der Waals surface area contributed by atoms with Crippen LogP contribution in [0.1, 0.15) is 10.4 Å². The van der Waals surface area contributed by atoms with Gasteiger partial charge in [0.15, 0.2) is 0 Å². The molecule has 2 N–H and O–H groups in total. The Balaban J connectivity index is 2.25. The van der Waals surface area contributed by atoms with Crippen molar-refractivity contribution < 1.29 is 4.79 Å². The van der Waals surface area contributed by atoms with E-state index in [0.29, 0.717) is 5.56 Å². The number of H-pyrrole nitrogens is 2. The third-order valence-electron chi connectivity index (χ3n) is 2.48. The van der Waals surface area contributed by atoms with Gasteiger partial charge in [-0.1, -0.05) is 6.07 Å². The molecule has 0 spiro atoms. The number of hydrogen-bond acceptors (Lipinski definition) is 3. The van der Waals surface area contributed by atoms with Crippen LogP contribution in [-0.2, 0) is 0 Å². The number of benzene rings is 1. The van der Waals surface area contributed by atoms with E-state index in [9.17, 15) is 4.79 Å². The Morgan fingerprint density at radius 3 is 2.88 bits per heavy atom. The van der Waals surface area contributed by atoms with Gasteiger partial charge in [-0.3, -0.25) is 15.0 Å². The van der Waals surface area contributed by atoms with E-state index in [4.69, 9.17) is 0 Å². The predicted molar refractivity (Wildman–Crippen MR) is 59.1 cm³/mol. The molecule has 0 saturated carbocycles. The number of aromatic nitrogens is 4. The highest BCUT2D eigenvalue weighted by Crippen LogP contribution is 2.24. The minimum Gasteiger partial charge on any atom is -0.298 e. The van der Waals surface area contributed by atoms with Crippen LogP contribution in [0.15, 0.2) is 30.5 Å². The number of carbonyl (C=O) groups is 1. The summed E-state index contributed by atoms with van der Waals surface area (Å²) < 4.78 is 0. The first-order valence-electron chi connectivity index (χ1n) is 4.81. The second-order valence-electron chi connectivity index (χ2n) is 3.47. The molecular weight excluding hydrogens is 204 g/mol. The molecule has 0 aliphatic rings. The number of fused-ring (bicyclic) bond motifs is 1. The quantitative estimate of drug-likeness (QED) is 0.635. The van der Waals surface area contributed by atoms with Crippen LogP contribution in [0.25, 0.3) is 22.3 Å². The molecule has 78 valence electrons. The molecule has 0 amide bonds. The van der Waals surface area contributed by atoms with Crippen LogP contribution < -0.4 is 0 Å².